The molecule has 1 aliphatic carbocycles. The summed E-state index contributed by atoms with van der Waals surface area (Å²) in [5.41, 5.74) is 0.348. The number of aliphatic hydroxyl groups is 1. The fourth-order valence-electron chi connectivity index (χ4n) is 2.21. The van der Waals surface area contributed by atoms with E-state index < -0.39 is 0 Å². The third-order valence-corrected chi connectivity index (χ3v) is 4.75. The molecule has 106 valence electrons. The molecular formula is C14H21NO3S. The minimum absolute atomic E-state index is 0.193. The highest BCUT2D eigenvalue weighted by atomic mass is 32.1. The molecule has 1 aromatic heterocycles. The monoisotopic (exact) mass is 283 g/mol. The Kier molecular flexibility index (Phi) is 4.96. The van der Waals surface area contributed by atoms with Gasteiger partial charge in [-0.2, -0.15) is 0 Å². The van der Waals surface area contributed by atoms with Gasteiger partial charge in [0, 0.05) is 29.5 Å². The SMILES string of the molecule is COC(=O)Cc1ccc(CNCC2(CCO)CC2)s1. The molecule has 0 saturated heterocycles. The maximum atomic E-state index is 11.2. The van der Waals surface area contributed by atoms with Crippen molar-refractivity contribution in [3.8, 4) is 0 Å². The first-order valence-electron chi connectivity index (χ1n) is 6.63. The topological polar surface area (TPSA) is 58.6 Å². The van der Waals surface area contributed by atoms with E-state index in [2.05, 4.69) is 16.1 Å². The molecular weight excluding hydrogens is 262 g/mol. The highest BCUT2D eigenvalue weighted by Crippen LogP contribution is 2.47. The molecule has 0 spiro atoms. The van der Waals surface area contributed by atoms with Crippen LogP contribution in [0.25, 0.3) is 0 Å². The van der Waals surface area contributed by atoms with Gasteiger partial charge in [0.15, 0.2) is 0 Å². The van der Waals surface area contributed by atoms with Crippen LogP contribution in [0.5, 0.6) is 0 Å². The maximum absolute atomic E-state index is 11.2. The Morgan fingerprint density at radius 1 is 1.47 bits per heavy atom. The molecule has 0 aliphatic heterocycles. The zero-order chi connectivity index (χ0) is 13.7. The molecule has 19 heavy (non-hydrogen) atoms. The fourth-order valence-corrected chi connectivity index (χ4v) is 3.18. The van der Waals surface area contributed by atoms with Gasteiger partial charge < -0.3 is 15.2 Å². The van der Waals surface area contributed by atoms with Crippen LogP contribution in [0.2, 0.25) is 0 Å². The molecule has 0 bridgehead atoms. The summed E-state index contributed by atoms with van der Waals surface area (Å²) in [6, 6.07) is 4.04. The van der Waals surface area contributed by atoms with Gasteiger partial charge in [-0.15, -0.1) is 11.3 Å². The number of hydrogen-bond acceptors (Lipinski definition) is 5. The van der Waals surface area contributed by atoms with Gasteiger partial charge in [0.1, 0.15) is 0 Å². The number of carbonyl (C=O) groups is 1. The van der Waals surface area contributed by atoms with Crippen molar-refractivity contribution in [3.63, 3.8) is 0 Å². The molecule has 4 nitrogen and oxygen atoms in total. The van der Waals surface area contributed by atoms with E-state index in [0.717, 1.165) is 24.4 Å². The first kappa shape index (κ1) is 14.5. The summed E-state index contributed by atoms with van der Waals surface area (Å²) in [7, 11) is 1.41. The number of carbonyl (C=O) groups excluding carboxylic acids is 1. The normalized spacial score (nSPS) is 16.3. The first-order chi connectivity index (χ1) is 9.17. The Hall–Kier alpha value is -0.910. The van der Waals surface area contributed by atoms with E-state index in [1.165, 1.54) is 24.8 Å². The molecule has 5 heteroatoms. The van der Waals surface area contributed by atoms with Crippen LogP contribution in [0.3, 0.4) is 0 Å². The molecule has 0 aromatic carbocycles. The van der Waals surface area contributed by atoms with E-state index in [-0.39, 0.29) is 12.6 Å². The lowest BCUT2D eigenvalue weighted by Crippen LogP contribution is -2.24. The average molecular weight is 283 g/mol. The van der Waals surface area contributed by atoms with E-state index in [1.54, 1.807) is 11.3 Å². The second-order valence-electron chi connectivity index (χ2n) is 5.20. The van der Waals surface area contributed by atoms with Crippen LogP contribution in [0.4, 0.5) is 0 Å². The van der Waals surface area contributed by atoms with Crippen LogP contribution in [0.1, 0.15) is 29.0 Å². The van der Waals surface area contributed by atoms with Crippen LogP contribution in [-0.2, 0) is 22.5 Å². The molecule has 1 heterocycles. The van der Waals surface area contributed by atoms with Gasteiger partial charge in [-0.05, 0) is 36.8 Å². The maximum Gasteiger partial charge on any atom is 0.310 e. The predicted molar refractivity (Wildman–Crippen MR) is 75.1 cm³/mol. The predicted octanol–water partition coefficient (Wildman–Crippen LogP) is 1.72. The molecule has 1 aliphatic rings. The Labute approximate surface area is 117 Å². The number of ether oxygens (including phenoxy) is 1. The van der Waals surface area contributed by atoms with Crippen LogP contribution >= 0.6 is 11.3 Å². The minimum Gasteiger partial charge on any atom is -0.469 e. The van der Waals surface area contributed by atoms with Gasteiger partial charge in [0.25, 0.3) is 0 Å². The summed E-state index contributed by atoms with van der Waals surface area (Å²) in [6.07, 6.45) is 3.70. The fraction of sp³-hybridized carbons (Fsp3) is 0.643. The first-order valence-corrected chi connectivity index (χ1v) is 7.45. The minimum atomic E-state index is -0.193. The number of nitrogens with one attached hydrogen (secondary N) is 1. The largest absolute Gasteiger partial charge is 0.469 e. The molecule has 1 saturated carbocycles. The summed E-state index contributed by atoms with van der Waals surface area (Å²) < 4.78 is 4.65. The van der Waals surface area contributed by atoms with Gasteiger partial charge in [0.2, 0.25) is 0 Å². The Bertz CT molecular complexity index is 426. The van der Waals surface area contributed by atoms with Gasteiger partial charge in [-0.25, -0.2) is 0 Å². The lowest BCUT2D eigenvalue weighted by atomic mass is 10.0. The van der Waals surface area contributed by atoms with Crippen molar-refractivity contribution in [1.29, 1.82) is 0 Å². The van der Waals surface area contributed by atoms with Crippen molar-refractivity contribution in [3.05, 3.63) is 21.9 Å². The van der Waals surface area contributed by atoms with Crippen LogP contribution < -0.4 is 5.32 Å². The van der Waals surface area contributed by atoms with Crippen LogP contribution in [0.15, 0.2) is 12.1 Å². The quantitative estimate of drug-likeness (QED) is 0.713. The third-order valence-electron chi connectivity index (χ3n) is 3.66. The zero-order valence-electron chi connectivity index (χ0n) is 11.3. The number of aliphatic hydroxyl groups excluding tert-OH is 1. The lowest BCUT2D eigenvalue weighted by molar-refractivity contribution is -0.139. The smallest absolute Gasteiger partial charge is 0.310 e. The van der Waals surface area contributed by atoms with Crippen molar-refractivity contribution >= 4 is 17.3 Å². The van der Waals surface area contributed by atoms with Gasteiger partial charge in [-0.1, -0.05) is 0 Å². The summed E-state index contributed by atoms with van der Waals surface area (Å²) >= 11 is 1.65. The van der Waals surface area contributed by atoms with Crippen LogP contribution in [0, 0.1) is 5.41 Å². The lowest BCUT2D eigenvalue weighted by Gasteiger charge is -2.13. The van der Waals surface area contributed by atoms with Gasteiger partial charge in [-0.3, -0.25) is 4.79 Å². The van der Waals surface area contributed by atoms with E-state index >= 15 is 0 Å². The Morgan fingerprint density at radius 3 is 2.84 bits per heavy atom. The van der Waals surface area contributed by atoms with Crippen molar-refractivity contribution < 1.29 is 14.6 Å². The highest BCUT2D eigenvalue weighted by molar-refractivity contribution is 7.12. The van der Waals surface area contributed by atoms with Crippen molar-refractivity contribution in [2.24, 2.45) is 5.41 Å². The number of esters is 1. The van der Waals surface area contributed by atoms with E-state index in [4.69, 9.17) is 5.11 Å². The third kappa shape index (κ3) is 4.30. The highest BCUT2D eigenvalue weighted by Gasteiger charge is 2.41. The molecule has 0 radical (unpaired) electrons. The Balaban J connectivity index is 1.73. The van der Waals surface area contributed by atoms with Gasteiger partial charge >= 0.3 is 5.97 Å². The number of hydrogen-bond donors (Lipinski definition) is 2. The summed E-state index contributed by atoms with van der Waals surface area (Å²) in [6.45, 7) is 2.08. The van der Waals surface area contributed by atoms with Crippen LogP contribution in [-0.4, -0.2) is 31.3 Å². The van der Waals surface area contributed by atoms with E-state index in [9.17, 15) is 4.79 Å². The summed E-state index contributed by atoms with van der Waals surface area (Å²) in [5, 5.41) is 12.5. The van der Waals surface area contributed by atoms with E-state index in [1.807, 2.05) is 6.07 Å². The van der Waals surface area contributed by atoms with E-state index in [0.29, 0.717) is 11.8 Å². The zero-order valence-corrected chi connectivity index (χ0v) is 12.1. The van der Waals surface area contributed by atoms with Crippen molar-refractivity contribution in [2.45, 2.75) is 32.2 Å². The Morgan fingerprint density at radius 2 is 2.21 bits per heavy atom. The summed E-state index contributed by atoms with van der Waals surface area (Å²) in [5.74, 6) is -0.193. The number of thiophene rings is 1. The van der Waals surface area contributed by atoms with Gasteiger partial charge in [0.05, 0.1) is 13.5 Å². The van der Waals surface area contributed by atoms with Crippen molar-refractivity contribution in [1.82, 2.24) is 5.32 Å². The summed E-state index contributed by atoms with van der Waals surface area (Å²) in [4.78, 5) is 13.4. The molecule has 1 fully saturated rings. The number of rotatable bonds is 8. The molecule has 0 unspecified atom stereocenters. The molecule has 1 aromatic rings. The molecule has 0 atom stereocenters. The molecule has 2 rings (SSSR count). The standard InChI is InChI=1S/C14H21NO3S/c1-18-13(17)8-11-2-3-12(19-11)9-15-10-14(4-5-14)6-7-16/h2-3,15-16H,4-10H2,1H3. The second-order valence-corrected chi connectivity index (χ2v) is 6.45. The number of methoxy groups -OCH3 is 1. The average Bonchev–Trinajstić information content (AvgIpc) is 3.01. The second kappa shape index (κ2) is 6.50. The molecule has 0 amide bonds. The van der Waals surface area contributed by atoms with Crippen molar-refractivity contribution in [2.75, 3.05) is 20.3 Å². The molecule has 2 N–H and O–H groups in total.